The lowest BCUT2D eigenvalue weighted by Gasteiger charge is -2.15. The second-order valence-corrected chi connectivity index (χ2v) is 3.73. The maximum absolute atomic E-state index is 11.3. The Morgan fingerprint density at radius 3 is 2.60 bits per heavy atom. The second-order valence-electron chi connectivity index (χ2n) is 3.73. The Kier molecular flexibility index (Phi) is 4.16. The van der Waals surface area contributed by atoms with E-state index in [-0.39, 0.29) is 11.8 Å². The van der Waals surface area contributed by atoms with E-state index < -0.39 is 0 Å². The fourth-order valence-electron chi connectivity index (χ4n) is 1.69. The van der Waals surface area contributed by atoms with Crippen molar-refractivity contribution in [1.82, 2.24) is 0 Å². The standard InChI is InChI=1S/C12H18N2O/c1-2-3-6-10(12(14)15)9-7-4-5-8-11(9)13/h4-5,7-8,10H,2-3,6,13H2,1H3,(H2,14,15). The van der Waals surface area contributed by atoms with Crippen LogP contribution in [0.5, 0.6) is 0 Å². The summed E-state index contributed by atoms with van der Waals surface area (Å²) >= 11 is 0. The van der Waals surface area contributed by atoms with Gasteiger partial charge >= 0.3 is 0 Å². The van der Waals surface area contributed by atoms with Crippen molar-refractivity contribution in [3.63, 3.8) is 0 Å². The van der Waals surface area contributed by atoms with Gasteiger partial charge in [0.15, 0.2) is 0 Å². The molecule has 0 spiro atoms. The predicted octanol–water partition coefficient (Wildman–Crippen LogP) is 2.03. The van der Waals surface area contributed by atoms with Gasteiger partial charge in [-0.25, -0.2) is 0 Å². The third-order valence-corrected chi connectivity index (χ3v) is 2.56. The number of rotatable bonds is 5. The number of benzene rings is 1. The Morgan fingerprint density at radius 2 is 2.07 bits per heavy atom. The Hall–Kier alpha value is -1.51. The zero-order valence-corrected chi connectivity index (χ0v) is 9.07. The summed E-state index contributed by atoms with van der Waals surface area (Å²) in [7, 11) is 0. The van der Waals surface area contributed by atoms with Gasteiger partial charge in [-0.15, -0.1) is 0 Å². The molecule has 4 N–H and O–H groups in total. The quantitative estimate of drug-likeness (QED) is 0.724. The van der Waals surface area contributed by atoms with Crippen molar-refractivity contribution in [3.05, 3.63) is 29.8 Å². The maximum atomic E-state index is 11.3. The summed E-state index contributed by atoms with van der Waals surface area (Å²) in [4.78, 5) is 11.3. The molecule has 1 amide bonds. The van der Waals surface area contributed by atoms with Crippen molar-refractivity contribution in [2.45, 2.75) is 32.1 Å². The fraction of sp³-hybridized carbons (Fsp3) is 0.417. The Morgan fingerprint density at radius 1 is 1.40 bits per heavy atom. The molecule has 1 aromatic rings. The summed E-state index contributed by atoms with van der Waals surface area (Å²) in [6.45, 7) is 2.09. The van der Waals surface area contributed by atoms with Crippen molar-refractivity contribution in [2.75, 3.05) is 5.73 Å². The molecule has 1 unspecified atom stereocenters. The van der Waals surface area contributed by atoms with Gasteiger partial charge in [0, 0.05) is 5.69 Å². The molecule has 1 aromatic carbocycles. The molecule has 0 saturated heterocycles. The highest BCUT2D eigenvalue weighted by molar-refractivity contribution is 5.83. The summed E-state index contributed by atoms with van der Waals surface area (Å²) in [5.41, 5.74) is 12.7. The summed E-state index contributed by atoms with van der Waals surface area (Å²) in [5.74, 6) is -0.535. The third-order valence-electron chi connectivity index (χ3n) is 2.56. The third kappa shape index (κ3) is 2.98. The molecular weight excluding hydrogens is 188 g/mol. The minimum Gasteiger partial charge on any atom is -0.398 e. The lowest BCUT2D eigenvalue weighted by Crippen LogP contribution is -2.22. The molecule has 0 aliphatic rings. The number of amides is 1. The number of nitrogens with two attached hydrogens (primary N) is 2. The van der Waals surface area contributed by atoms with E-state index in [1.54, 1.807) is 6.07 Å². The van der Waals surface area contributed by atoms with Crippen molar-refractivity contribution in [2.24, 2.45) is 5.73 Å². The van der Waals surface area contributed by atoms with Crippen LogP contribution in [0.1, 0.15) is 37.7 Å². The Balaban J connectivity index is 2.89. The predicted molar refractivity (Wildman–Crippen MR) is 62.3 cm³/mol. The molecule has 0 saturated carbocycles. The summed E-state index contributed by atoms with van der Waals surface area (Å²) < 4.78 is 0. The highest BCUT2D eigenvalue weighted by Gasteiger charge is 2.18. The van der Waals surface area contributed by atoms with E-state index in [0.29, 0.717) is 5.69 Å². The minimum absolute atomic E-state index is 0.244. The number of carbonyl (C=O) groups is 1. The molecule has 0 aliphatic carbocycles. The molecule has 3 nitrogen and oxygen atoms in total. The van der Waals surface area contributed by atoms with Crippen LogP contribution in [0.15, 0.2) is 24.3 Å². The van der Waals surface area contributed by atoms with Crippen LogP contribution in [0.2, 0.25) is 0 Å². The van der Waals surface area contributed by atoms with Gasteiger partial charge < -0.3 is 11.5 Å². The first-order valence-electron chi connectivity index (χ1n) is 5.30. The van der Waals surface area contributed by atoms with E-state index in [1.807, 2.05) is 18.2 Å². The van der Waals surface area contributed by atoms with Crippen LogP contribution >= 0.6 is 0 Å². The van der Waals surface area contributed by atoms with Crippen LogP contribution in [-0.2, 0) is 4.79 Å². The summed E-state index contributed by atoms with van der Waals surface area (Å²) in [6, 6.07) is 7.42. The molecule has 0 heterocycles. The van der Waals surface area contributed by atoms with E-state index in [2.05, 4.69) is 6.92 Å². The van der Waals surface area contributed by atoms with Crippen LogP contribution in [0, 0.1) is 0 Å². The van der Waals surface area contributed by atoms with E-state index in [9.17, 15) is 4.79 Å². The van der Waals surface area contributed by atoms with E-state index in [4.69, 9.17) is 11.5 Å². The normalized spacial score (nSPS) is 12.3. The van der Waals surface area contributed by atoms with E-state index in [1.165, 1.54) is 0 Å². The number of hydrogen-bond acceptors (Lipinski definition) is 2. The SMILES string of the molecule is CCCCC(C(N)=O)c1ccccc1N. The van der Waals surface area contributed by atoms with E-state index >= 15 is 0 Å². The van der Waals surface area contributed by atoms with Gasteiger partial charge in [0.05, 0.1) is 5.92 Å². The summed E-state index contributed by atoms with van der Waals surface area (Å²) in [6.07, 6.45) is 2.82. The van der Waals surface area contributed by atoms with Gasteiger partial charge in [0.2, 0.25) is 5.91 Å². The van der Waals surface area contributed by atoms with Crippen LogP contribution < -0.4 is 11.5 Å². The molecule has 0 radical (unpaired) electrons. The van der Waals surface area contributed by atoms with Crippen molar-refractivity contribution >= 4 is 11.6 Å². The first-order chi connectivity index (χ1) is 7.16. The highest BCUT2D eigenvalue weighted by Crippen LogP contribution is 2.26. The number of para-hydroxylation sites is 1. The zero-order chi connectivity index (χ0) is 11.3. The van der Waals surface area contributed by atoms with Gasteiger partial charge in [0.1, 0.15) is 0 Å². The van der Waals surface area contributed by atoms with Crippen molar-refractivity contribution in [3.8, 4) is 0 Å². The average Bonchev–Trinajstić information content (AvgIpc) is 2.20. The van der Waals surface area contributed by atoms with E-state index in [0.717, 1.165) is 24.8 Å². The number of carbonyl (C=O) groups excluding carboxylic acids is 1. The average molecular weight is 206 g/mol. The molecule has 0 bridgehead atoms. The minimum atomic E-state index is -0.290. The van der Waals surface area contributed by atoms with Crippen LogP contribution in [0.25, 0.3) is 0 Å². The molecule has 1 atom stereocenters. The van der Waals surface area contributed by atoms with Crippen molar-refractivity contribution in [1.29, 1.82) is 0 Å². The van der Waals surface area contributed by atoms with Gasteiger partial charge in [-0.1, -0.05) is 38.0 Å². The molecule has 0 aliphatic heterocycles. The van der Waals surface area contributed by atoms with Crippen LogP contribution in [0.4, 0.5) is 5.69 Å². The molecular formula is C12H18N2O. The number of anilines is 1. The molecule has 0 aromatic heterocycles. The molecule has 15 heavy (non-hydrogen) atoms. The number of nitrogen functional groups attached to an aromatic ring is 1. The van der Waals surface area contributed by atoms with Gasteiger partial charge in [-0.2, -0.15) is 0 Å². The lowest BCUT2D eigenvalue weighted by molar-refractivity contribution is -0.119. The zero-order valence-electron chi connectivity index (χ0n) is 9.07. The Labute approximate surface area is 90.5 Å². The Bertz CT molecular complexity index is 336. The first-order valence-corrected chi connectivity index (χ1v) is 5.30. The topological polar surface area (TPSA) is 69.1 Å². The van der Waals surface area contributed by atoms with Gasteiger partial charge in [-0.05, 0) is 18.1 Å². The largest absolute Gasteiger partial charge is 0.398 e. The van der Waals surface area contributed by atoms with Gasteiger partial charge in [-0.3, -0.25) is 4.79 Å². The number of primary amides is 1. The maximum Gasteiger partial charge on any atom is 0.225 e. The number of hydrogen-bond donors (Lipinski definition) is 2. The smallest absolute Gasteiger partial charge is 0.225 e. The van der Waals surface area contributed by atoms with Crippen molar-refractivity contribution < 1.29 is 4.79 Å². The molecule has 1 rings (SSSR count). The molecule has 0 fully saturated rings. The first kappa shape index (κ1) is 11.6. The van der Waals surface area contributed by atoms with Crippen LogP contribution in [-0.4, -0.2) is 5.91 Å². The monoisotopic (exact) mass is 206 g/mol. The molecule has 82 valence electrons. The molecule has 3 heteroatoms. The summed E-state index contributed by atoms with van der Waals surface area (Å²) in [5, 5.41) is 0. The second kappa shape index (κ2) is 5.39. The fourth-order valence-corrected chi connectivity index (χ4v) is 1.69. The highest BCUT2D eigenvalue weighted by atomic mass is 16.1. The van der Waals surface area contributed by atoms with Gasteiger partial charge in [0.25, 0.3) is 0 Å². The lowest BCUT2D eigenvalue weighted by atomic mass is 9.92. The van der Waals surface area contributed by atoms with Crippen LogP contribution in [0.3, 0.4) is 0 Å². The number of unbranched alkanes of at least 4 members (excludes halogenated alkanes) is 1.